The molecule has 0 aliphatic carbocycles. The molecule has 0 fully saturated rings. The molecule has 0 aliphatic heterocycles. The quantitative estimate of drug-likeness (QED) is 0.879. The standard InChI is InChI=1S/C14H20N4/c1-4-8-16-14-17-11(2)10-18(14)12(3)13-7-5-6-9-15-13/h5-7,9-10,12H,4,8H2,1-3H3,(H,16,17). The number of hydrogen-bond acceptors (Lipinski definition) is 3. The second-order valence-corrected chi connectivity index (χ2v) is 4.47. The predicted molar refractivity (Wildman–Crippen MR) is 73.8 cm³/mol. The van der Waals surface area contributed by atoms with Crippen molar-refractivity contribution in [3.8, 4) is 0 Å². The van der Waals surface area contributed by atoms with Crippen LogP contribution in [0.1, 0.15) is 37.7 Å². The second-order valence-electron chi connectivity index (χ2n) is 4.47. The Morgan fingerprint density at radius 1 is 1.39 bits per heavy atom. The summed E-state index contributed by atoms with van der Waals surface area (Å²) in [7, 11) is 0. The van der Waals surface area contributed by atoms with Gasteiger partial charge >= 0.3 is 0 Å². The molecule has 4 nitrogen and oxygen atoms in total. The van der Waals surface area contributed by atoms with Gasteiger partial charge in [0, 0.05) is 18.9 Å². The minimum absolute atomic E-state index is 0.187. The molecule has 0 aliphatic rings. The van der Waals surface area contributed by atoms with Crippen molar-refractivity contribution in [2.45, 2.75) is 33.2 Å². The van der Waals surface area contributed by atoms with Crippen molar-refractivity contribution in [3.05, 3.63) is 42.0 Å². The fourth-order valence-corrected chi connectivity index (χ4v) is 1.94. The zero-order valence-corrected chi connectivity index (χ0v) is 11.2. The van der Waals surface area contributed by atoms with E-state index >= 15 is 0 Å². The number of anilines is 1. The van der Waals surface area contributed by atoms with E-state index in [4.69, 9.17) is 0 Å². The smallest absolute Gasteiger partial charge is 0.203 e. The van der Waals surface area contributed by atoms with E-state index in [0.29, 0.717) is 0 Å². The Kier molecular flexibility index (Phi) is 3.97. The van der Waals surface area contributed by atoms with E-state index in [0.717, 1.165) is 30.3 Å². The summed E-state index contributed by atoms with van der Waals surface area (Å²) in [6, 6.07) is 6.18. The van der Waals surface area contributed by atoms with Crippen molar-refractivity contribution < 1.29 is 0 Å². The SMILES string of the molecule is CCCNc1nc(C)cn1C(C)c1ccccn1. The van der Waals surface area contributed by atoms with Gasteiger partial charge in [0.05, 0.1) is 17.4 Å². The first kappa shape index (κ1) is 12.6. The Morgan fingerprint density at radius 2 is 2.22 bits per heavy atom. The number of imidazole rings is 1. The molecule has 0 aromatic carbocycles. The van der Waals surface area contributed by atoms with Crippen LogP contribution in [0.15, 0.2) is 30.6 Å². The molecule has 1 atom stereocenters. The summed E-state index contributed by atoms with van der Waals surface area (Å²) < 4.78 is 2.15. The summed E-state index contributed by atoms with van der Waals surface area (Å²) in [6.45, 7) is 7.24. The van der Waals surface area contributed by atoms with Crippen LogP contribution >= 0.6 is 0 Å². The van der Waals surface area contributed by atoms with Crippen LogP contribution in [-0.2, 0) is 0 Å². The maximum Gasteiger partial charge on any atom is 0.203 e. The van der Waals surface area contributed by atoms with Gasteiger partial charge in [0.15, 0.2) is 0 Å². The van der Waals surface area contributed by atoms with Crippen LogP contribution in [0.2, 0.25) is 0 Å². The molecular formula is C14H20N4. The Balaban J connectivity index is 2.27. The number of aromatic nitrogens is 3. The molecule has 2 heterocycles. The van der Waals surface area contributed by atoms with Gasteiger partial charge in [-0.3, -0.25) is 4.98 Å². The average molecular weight is 244 g/mol. The zero-order valence-electron chi connectivity index (χ0n) is 11.2. The topological polar surface area (TPSA) is 42.7 Å². The molecule has 0 bridgehead atoms. The molecule has 96 valence electrons. The monoisotopic (exact) mass is 244 g/mol. The van der Waals surface area contributed by atoms with Gasteiger partial charge in [0.1, 0.15) is 0 Å². The highest BCUT2D eigenvalue weighted by Gasteiger charge is 2.13. The molecule has 2 aromatic rings. The number of aryl methyl sites for hydroxylation is 1. The van der Waals surface area contributed by atoms with Gasteiger partial charge in [-0.25, -0.2) is 4.98 Å². The normalized spacial score (nSPS) is 12.4. The first-order chi connectivity index (χ1) is 8.72. The largest absolute Gasteiger partial charge is 0.356 e. The summed E-state index contributed by atoms with van der Waals surface area (Å²) in [6.07, 6.45) is 4.98. The maximum atomic E-state index is 4.52. The first-order valence-corrected chi connectivity index (χ1v) is 6.42. The van der Waals surface area contributed by atoms with E-state index in [-0.39, 0.29) is 6.04 Å². The lowest BCUT2D eigenvalue weighted by Gasteiger charge is -2.16. The van der Waals surface area contributed by atoms with Crippen LogP contribution in [0.4, 0.5) is 5.95 Å². The van der Waals surface area contributed by atoms with E-state index in [1.165, 1.54) is 0 Å². The highest BCUT2D eigenvalue weighted by Crippen LogP contribution is 2.21. The predicted octanol–water partition coefficient (Wildman–Crippen LogP) is 3.02. The highest BCUT2D eigenvalue weighted by molar-refractivity contribution is 5.31. The number of nitrogens with zero attached hydrogens (tertiary/aromatic N) is 3. The third kappa shape index (κ3) is 2.70. The minimum Gasteiger partial charge on any atom is -0.356 e. The van der Waals surface area contributed by atoms with Crippen molar-refractivity contribution in [1.82, 2.24) is 14.5 Å². The molecule has 2 aromatic heterocycles. The molecule has 4 heteroatoms. The summed E-state index contributed by atoms with van der Waals surface area (Å²) in [4.78, 5) is 8.93. The summed E-state index contributed by atoms with van der Waals surface area (Å²) in [5, 5.41) is 3.36. The number of nitrogens with one attached hydrogen (secondary N) is 1. The van der Waals surface area contributed by atoms with Crippen molar-refractivity contribution in [2.75, 3.05) is 11.9 Å². The van der Waals surface area contributed by atoms with Crippen molar-refractivity contribution in [1.29, 1.82) is 0 Å². The maximum absolute atomic E-state index is 4.52. The van der Waals surface area contributed by atoms with E-state index in [9.17, 15) is 0 Å². The van der Waals surface area contributed by atoms with Crippen molar-refractivity contribution in [2.24, 2.45) is 0 Å². The number of hydrogen-bond donors (Lipinski definition) is 1. The Labute approximate surface area is 108 Å². The summed E-state index contributed by atoms with van der Waals surface area (Å²) in [5.74, 6) is 0.924. The molecule has 0 spiro atoms. The van der Waals surface area contributed by atoms with Crippen LogP contribution in [0, 0.1) is 6.92 Å². The molecule has 0 radical (unpaired) electrons. The van der Waals surface area contributed by atoms with Crippen LogP contribution < -0.4 is 5.32 Å². The van der Waals surface area contributed by atoms with Gasteiger partial charge < -0.3 is 9.88 Å². The van der Waals surface area contributed by atoms with Crippen LogP contribution in [0.3, 0.4) is 0 Å². The van der Waals surface area contributed by atoms with E-state index in [1.807, 2.05) is 31.3 Å². The van der Waals surface area contributed by atoms with Crippen LogP contribution in [0.25, 0.3) is 0 Å². The van der Waals surface area contributed by atoms with Gasteiger partial charge in [-0.15, -0.1) is 0 Å². The van der Waals surface area contributed by atoms with E-state index in [1.54, 1.807) is 0 Å². The lowest BCUT2D eigenvalue weighted by molar-refractivity contribution is 0.624. The zero-order chi connectivity index (χ0) is 13.0. The molecule has 1 unspecified atom stereocenters. The summed E-state index contributed by atoms with van der Waals surface area (Å²) >= 11 is 0. The van der Waals surface area contributed by atoms with Crippen LogP contribution in [-0.4, -0.2) is 21.1 Å². The Hall–Kier alpha value is -1.84. The third-order valence-electron chi connectivity index (χ3n) is 2.92. The van der Waals surface area contributed by atoms with Crippen LogP contribution in [0.5, 0.6) is 0 Å². The summed E-state index contributed by atoms with van der Waals surface area (Å²) in [5.41, 5.74) is 2.07. The van der Waals surface area contributed by atoms with E-state index in [2.05, 4.69) is 39.9 Å². The molecular weight excluding hydrogens is 224 g/mol. The molecule has 0 saturated carbocycles. The molecule has 18 heavy (non-hydrogen) atoms. The number of pyridine rings is 1. The first-order valence-electron chi connectivity index (χ1n) is 6.42. The Morgan fingerprint density at radius 3 is 2.89 bits per heavy atom. The van der Waals surface area contributed by atoms with Gasteiger partial charge in [-0.2, -0.15) is 0 Å². The third-order valence-corrected chi connectivity index (χ3v) is 2.92. The highest BCUT2D eigenvalue weighted by atomic mass is 15.2. The van der Waals surface area contributed by atoms with Crippen molar-refractivity contribution in [3.63, 3.8) is 0 Å². The average Bonchev–Trinajstić information content (AvgIpc) is 2.77. The lowest BCUT2D eigenvalue weighted by atomic mass is 10.2. The molecule has 1 N–H and O–H groups in total. The van der Waals surface area contributed by atoms with Gasteiger partial charge in [-0.05, 0) is 32.4 Å². The van der Waals surface area contributed by atoms with Gasteiger partial charge in [0.25, 0.3) is 0 Å². The van der Waals surface area contributed by atoms with Gasteiger partial charge in [0.2, 0.25) is 5.95 Å². The fourth-order valence-electron chi connectivity index (χ4n) is 1.94. The fraction of sp³-hybridized carbons (Fsp3) is 0.429. The minimum atomic E-state index is 0.187. The number of rotatable bonds is 5. The second kappa shape index (κ2) is 5.67. The van der Waals surface area contributed by atoms with Gasteiger partial charge in [-0.1, -0.05) is 13.0 Å². The molecule has 0 amide bonds. The molecule has 0 saturated heterocycles. The van der Waals surface area contributed by atoms with E-state index < -0.39 is 0 Å². The molecule has 2 rings (SSSR count). The van der Waals surface area contributed by atoms with Crippen molar-refractivity contribution >= 4 is 5.95 Å². The lowest BCUT2D eigenvalue weighted by Crippen LogP contribution is -2.13. The Bertz CT molecular complexity index is 490.